The van der Waals surface area contributed by atoms with E-state index in [1.54, 1.807) is 0 Å². The van der Waals surface area contributed by atoms with Gasteiger partial charge in [-0.1, -0.05) is 58.7 Å². The monoisotopic (exact) mass is 1120 g/mol. The number of nitrogens with one attached hydrogen (secondary N) is 6. The number of nitro groups is 4. The first-order valence-corrected chi connectivity index (χ1v) is 26.4. The summed E-state index contributed by atoms with van der Waals surface area (Å²) in [7, 11) is 1.74. The van der Waals surface area contributed by atoms with E-state index in [-0.39, 0.29) is 73.2 Å². The fourth-order valence-electron chi connectivity index (χ4n) is 7.30. The molecule has 28 nitrogen and oxygen atoms in total. The molecule has 10 N–H and O–H groups in total. The summed E-state index contributed by atoms with van der Waals surface area (Å²) in [6.07, 6.45) is 2.06. The second-order valence-corrected chi connectivity index (χ2v) is 19.8. The highest BCUT2D eigenvalue weighted by Crippen LogP contribution is 2.30. The molecule has 0 bridgehead atoms. The van der Waals surface area contributed by atoms with Gasteiger partial charge in [-0.2, -0.15) is 0 Å². The number of amides is 4. The van der Waals surface area contributed by atoms with Gasteiger partial charge in [-0.05, 0) is 73.2 Å². The molecular formula is C48H56N10O18S2. The van der Waals surface area contributed by atoms with E-state index < -0.39 is 102 Å². The maximum atomic E-state index is 13.6. The summed E-state index contributed by atoms with van der Waals surface area (Å²) < 4.78 is 0. The molecule has 0 spiro atoms. The van der Waals surface area contributed by atoms with Gasteiger partial charge >= 0.3 is 11.9 Å². The molecule has 78 heavy (non-hydrogen) atoms. The molecule has 4 aromatic rings. The number of carbonyl (C=O) groups excluding carboxylic acids is 4. The number of aliphatic carboxylic acids is 2. The average molecular weight is 1130 g/mol. The first kappa shape index (κ1) is 61.7. The highest BCUT2D eigenvalue weighted by atomic mass is 33.1. The van der Waals surface area contributed by atoms with Crippen LogP contribution in [0.5, 0.6) is 11.5 Å². The molecule has 0 saturated carbocycles. The van der Waals surface area contributed by atoms with Crippen LogP contribution in [0.2, 0.25) is 0 Å². The van der Waals surface area contributed by atoms with Crippen LogP contribution in [0.25, 0.3) is 0 Å². The van der Waals surface area contributed by atoms with E-state index in [0.717, 1.165) is 45.9 Å². The molecule has 0 saturated heterocycles. The minimum Gasteiger partial charge on any atom is -0.508 e. The van der Waals surface area contributed by atoms with Crippen molar-refractivity contribution in [1.29, 1.82) is 0 Å². The van der Waals surface area contributed by atoms with Crippen LogP contribution in [-0.2, 0) is 41.6 Å². The quantitative estimate of drug-likeness (QED) is 0.0120. The summed E-state index contributed by atoms with van der Waals surface area (Å²) in [6.45, 7) is 0.461. The number of phenols is 2. The van der Waals surface area contributed by atoms with Crippen LogP contribution in [0, 0.1) is 40.5 Å². The molecule has 0 fully saturated rings. The van der Waals surface area contributed by atoms with Crippen molar-refractivity contribution in [1.82, 2.24) is 21.3 Å². The predicted octanol–water partition coefficient (Wildman–Crippen LogP) is 5.35. The third-order valence-electron chi connectivity index (χ3n) is 11.4. The second kappa shape index (κ2) is 31.3. The van der Waals surface area contributed by atoms with Gasteiger partial charge in [0.2, 0.25) is 23.6 Å². The number of non-ortho nitro benzene ring substituents is 2. The highest BCUT2D eigenvalue weighted by molar-refractivity contribution is 8.76. The van der Waals surface area contributed by atoms with Gasteiger partial charge in [-0.3, -0.25) is 59.6 Å². The Labute approximate surface area is 451 Å². The Morgan fingerprint density at radius 2 is 0.821 bits per heavy atom. The summed E-state index contributed by atoms with van der Waals surface area (Å²) in [6, 6.07) is 12.1. The predicted molar refractivity (Wildman–Crippen MR) is 285 cm³/mol. The number of carboxylic acid groups (broad SMARTS) is 2. The van der Waals surface area contributed by atoms with E-state index in [4.69, 9.17) is 0 Å². The SMILES string of the molecule is O=C(CCCCCNc1ccc([N+](=O)[O-])cc1[N+](=O)[O-])N[C@@H](Cc1ccc(O)cc1)C(=O)N[C@@H](CSSC[C@H](NC(=O)[C@H](Cc1ccc(O)cc1)NC(=O)CCCCCNc1ccc([N+](=O)[O-])cc1[N+](=O)[O-])C(=O)O)C(=O)O. The lowest BCUT2D eigenvalue weighted by atomic mass is 10.0. The van der Waals surface area contributed by atoms with Crippen molar-refractivity contribution in [2.75, 3.05) is 35.2 Å². The van der Waals surface area contributed by atoms with Crippen LogP contribution in [-0.4, -0.2) is 124 Å². The molecule has 4 atom stereocenters. The summed E-state index contributed by atoms with van der Waals surface area (Å²) in [5, 5.41) is 100. The Kier molecular flexibility index (Phi) is 24.8. The lowest BCUT2D eigenvalue weighted by Gasteiger charge is -2.22. The van der Waals surface area contributed by atoms with Crippen LogP contribution >= 0.6 is 21.6 Å². The summed E-state index contributed by atoms with van der Waals surface area (Å²) in [4.78, 5) is 120. The maximum Gasteiger partial charge on any atom is 0.327 e. The van der Waals surface area contributed by atoms with E-state index in [1.807, 2.05) is 0 Å². The first-order chi connectivity index (χ1) is 37.1. The molecule has 418 valence electrons. The number of unbranched alkanes of at least 4 members (excludes halogenated alkanes) is 4. The van der Waals surface area contributed by atoms with Gasteiger partial charge in [0.15, 0.2) is 0 Å². The number of carboxylic acids is 2. The molecule has 4 amide bonds. The van der Waals surface area contributed by atoms with Crippen molar-refractivity contribution < 1.29 is 68.9 Å². The molecule has 0 aliphatic carbocycles. The molecule has 0 aliphatic rings. The standard InChI is InChI=1S/C48H56N10O18S2/c59-33-15-9-29(10-16-33)23-37(51-43(61)7-3-1-5-21-49-35-19-13-31(55(69)70)25-41(35)57(73)74)45(63)53-39(47(65)66)27-77-78-28-40(48(67)68)54-46(64)38(24-30-11-17-34(60)18-12-30)52-44(62)8-4-2-6-22-50-36-20-14-32(56(71)72)26-42(36)58(75)76/h9-20,25-26,37-40,49-50,59-60H,1-8,21-24,27-28H2,(H,51,61)(H,52,62)(H,53,63)(H,54,64)(H,65,66)(H,67,68)/t37-,38-,39-,40-/m0/s1. The van der Waals surface area contributed by atoms with Crippen molar-refractivity contribution in [3.63, 3.8) is 0 Å². The van der Waals surface area contributed by atoms with Gasteiger partial charge in [-0.15, -0.1) is 0 Å². The number of aromatic hydroxyl groups is 2. The topological polar surface area (TPSA) is 428 Å². The van der Waals surface area contributed by atoms with E-state index in [9.17, 15) is 89.7 Å². The number of nitrogens with zero attached hydrogens (tertiary/aromatic N) is 4. The minimum absolute atomic E-state index is 0.0652. The Morgan fingerprint density at radius 3 is 1.14 bits per heavy atom. The number of phenolic OH excluding ortho intramolecular Hbond substituents is 2. The largest absolute Gasteiger partial charge is 0.508 e. The molecule has 0 aliphatic heterocycles. The number of carbonyl (C=O) groups is 6. The molecular weight excluding hydrogens is 1070 g/mol. The van der Waals surface area contributed by atoms with Crippen molar-refractivity contribution in [3.05, 3.63) is 137 Å². The van der Waals surface area contributed by atoms with Gasteiger partial charge in [0, 0.05) is 62.4 Å². The Balaban J connectivity index is 1.29. The Morgan fingerprint density at radius 1 is 0.462 bits per heavy atom. The zero-order chi connectivity index (χ0) is 57.3. The fourth-order valence-corrected chi connectivity index (χ4v) is 9.61. The number of anilines is 2. The summed E-state index contributed by atoms with van der Waals surface area (Å²) >= 11 is 0. The van der Waals surface area contributed by atoms with Gasteiger partial charge < -0.3 is 52.3 Å². The fraction of sp³-hybridized carbons (Fsp3) is 0.375. The highest BCUT2D eigenvalue weighted by Gasteiger charge is 2.30. The van der Waals surface area contributed by atoms with Crippen molar-refractivity contribution in [2.45, 2.75) is 88.4 Å². The molecule has 0 heterocycles. The number of benzene rings is 4. The van der Waals surface area contributed by atoms with Crippen LogP contribution in [0.15, 0.2) is 84.9 Å². The lowest BCUT2D eigenvalue weighted by molar-refractivity contribution is -0.393. The minimum atomic E-state index is -1.55. The van der Waals surface area contributed by atoms with Gasteiger partial charge in [-0.25, -0.2) is 9.59 Å². The number of hydrogen-bond donors (Lipinski definition) is 10. The van der Waals surface area contributed by atoms with E-state index in [1.165, 1.54) is 60.7 Å². The zero-order valence-electron chi connectivity index (χ0n) is 41.4. The molecule has 0 unspecified atom stereocenters. The average Bonchev–Trinajstić information content (AvgIpc) is 3.39. The second-order valence-electron chi connectivity index (χ2n) is 17.3. The van der Waals surface area contributed by atoms with E-state index >= 15 is 0 Å². The van der Waals surface area contributed by atoms with Crippen molar-refractivity contribution >= 4 is 91.3 Å². The van der Waals surface area contributed by atoms with Gasteiger partial charge in [0.1, 0.15) is 47.0 Å². The van der Waals surface area contributed by atoms with Crippen LogP contribution in [0.3, 0.4) is 0 Å². The first-order valence-electron chi connectivity index (χ1n) is 23.9. The molecule has 0 aromatic heterocycles. The molecule has 30 heteroatoms. The third kappa shape index (κ3) is 21.1. The van der Waals surface area contributed by atoms with Crippen LogP contribution < -0.4 is 31.9 Å². The molecule has 4 rings (SSSR count). The van der Waals surface area contributed by atoms with Crippen molar-refractivity contribution in [2.24, 2.45) is 0 Å². The molecule has 4 aromatic carbocycles. The Hall–Kier alpha value is -8.80. The van der Waals surface area contributed by atoms with Gasteiger partial charge in [0.25, 0.3) is 22.7 Å². The summed E-state index contributed by atoms with van der Waals surface area (Å²) in [5.41, 5.74) is -0.682. The van der Waals surface area contributed by atoms with Crippen LogP contribution in [0.1, 0.15) is 62.5 Å². The normalized spacial score (nSPS) is 12.4. The number of hydrogen-bond acceptors (Lipinski definition) is 20. The molecule has 0 radical (unpaired) electrons. The maximum absolute atomic E-state index is 13.6. The Bertz CT molecular complexity index is 2600. The summed E-state index contributed by atoms with van der Waals surface area (Å²) in [5.74, 6) is -6.53. The lowest BCUT2D eigenvalue weighted by Crippen LogP contribution is -2.53. The zero-order valence-corrected chi connectivity index (χ0v) is 43.0. The van der Waals surface area contributed by atoms with E-state index in [0.29, 0.717) is 49.7 Å². The number of rotatable bonds is 35. The van der Waals surface area contributed by atoms with E-state index in [2.05, 4.69) is 31.9 Å². The van der Waals surface area contributed by atoms with Gasteiger partial charge in [0.05, 0.1) is 31.8 Å². The third-order valence-corrected chi connectivity index (χ3v) is 13.8. The van der Waals surface area contributed by atoms with Crippen LogP contribution in [0.4, 0.5) is 34.1 Å². The van der Waals surface area contributed by atoms with Crippen molar-refractivity contribution in [3.8, 4) is 11.5 Å². The number of nitro benzene ring substituents is 4. The smallest absolute Gasteiger partial charge is 0.327 e.